The molecule has 0 radical (unpaired) electrons. The fourth-order valence-corrected chi connectivity index (χ4v) is 3.57. The highest BCUT2D eigenvalue weighted by Crippen LogP contribution is 2.31. The van der Waals surface area contributed by atoms with Gasteiger partial charge in [-0.2, -0.15) is 0 Å². The molecule has 2 rings (SSSR count). The van der Waals surface area contributed by atoms with Crippen LogP contribution in [0.2, 0.25) is 0 Å². The number of carbonyl (C=O) groups is 2. The van der Waals surface area contributed by atoms with Gasteiger partial charge in [0.25, 0.3) is 17.5 Å². The summed E-state index contributed by atoms with van der Waals surface area (Å²) in [7, 11) is 0. The number of primary amides is 1. The number of rotatable bonds is 10. The number of amides is 2. The number of ether oxygens (including phenoxy) is 1. The predicted octanol–water partition coefficient (Wildman–Crippen LogP) is 3.85. The minimum Gasteiger partial charge on any atom is -0.484 e. The molecule has 29 heavy (non-hydrogen) atoms. The second-order valence-electron chi connectivity index (χ2n) is 6.70. The quantitative estimate of drug-likeness (QED) is 0.344. The van der Waals surface area contributed by atoms with E-state index in [9.17, 15) is 19.7 Å². The average Bonchev–Trinajstić information content (AvgIpc) is 2.67. The summed E-state index contributed by atoms with van der Waals surface area (Å²) in [6, 6.07) is 10.8. The van der Waals surface area contributed by atoms with Crippen LogP contribution in [0.25, 0.3) is 0 Å². The summed E-state index contributed by atoms with van der Waals surface area (Å²) in [5.74, 6) is 0.667. The standard InChI is InChI=1S/C20H23N3O5S/c1-13(2)9-10-29-18-8-3-14(11-17(18)23(26)27)20(25)22-15-4-6-16(7-5-15)28-12-19(21)24/h3-8,11,13H,9-10,12H2,1-2H3,(H2,21,24)(H,22,25). The molecule has 0 bridgehead atoms. The molecule has 0 unspecified atom stereocenters. The van der Waals surface area contributed by atoms with Crippen molar-refractivity contribution in [1.29, 1.82) is 0 Å². The molecule has 0 fully saturated rings. The summed E-state index contributed by atoms with van der Waals surface area (Å²) < 4.78 is 5.15. The molecular formula is C20H23N3O5S. The third-order valence-electron chi connectivity index (χ3n) is 3.86. The number of hydrogen-bond acceptors (Lipinski definition) is 6. The normalized spacial score (nSPS) is 10.6. The number of thioether (sulfide) groups is 1. The van der Waals surface area contributed by atoms with E-state index < -0.39 is 16.7 Å². The molecule has 0 aliphatic heterocycles. The van der Waals surface area contributed by atoms with Crippen LogP contribution in [0.5, 0.6) is 5.75 Å². The molecule has 9 heteroatoms. The van der Waals surface area contributed by atoms with Gasteiger partial charge in [-0.05, 0) is 54.5 Å². The molecule has 0 aliphatic carbocycles. The Morgan fingerprint density at radius 1 is 1.21 bits per heavy atom. The average molecular weight is 417 g/mol. The van der Waals surface area contributed by atoms with Crippen LogP contribution in [0.4, 0.5) is 11.4 Å². The maximum absolute atomic E-state index is 12.5. The maximum Gasteiger partial charge on any atom is 0.283 e. The Kier molecular flexibility index (Phi) is 8.02. The highest BCUT2D eigenvalue weighted by atomic mass is 32.2. The molecule has 2 aromatic rings. The minimum atomic E-state index is -0.588. The highest BCUT2D eigenvalue weighted by Gasteiger charge is 2.18. The number of carbonyl (C=O) groups excluding carboxylic acids is 2. The van der Waals surface area contributed by atoms with Crippen molar-refractivity contribution >= 4 is 35.0 Å². The second-order valence-corrected chi connectivity index (χ2v) is 7.84. The van der Waals surface area contributed by atoms with E-state index in [0.717, 1.165) is 12.2 Å². The number of anilines is 1. The van der Waals surface area contributed by atoms with Gasteiger partial charge in [-0.15, -0.1) is 11.8 Å². The predicted molar refractivity (Wildman–Crippen MR) is 112 cm³/mol. The molecule has 154 valence electrons. The van der Waals surface area contributed by atoms with E-state index in [2.05, 4.69) is 19.2 Å². The molecule has 3 N–H and O–H groups in total. The Morgan fingerprint density at radius 2 is 1.90 bits per heavy atom. The summed E-state index contributed by atoms with van der Waals surface area (Å²) in [6.07, 6.45) is 0.948. The maximum atomic E-state index is 12.5. The first kappa shape index (κ1) is 22.2. The van der Waals surface area contributed by atoms with E-state index in [1.807, 2.05) is 0 Å². The van der Waals surface area contributed by atoms with Gasteiger partial charge in [0.1, 0.15) is 5.75 Å². The van der Waals surface area contributed by atoms with Crippen LogP contribution in [0.1, 0.15) is 30.6 Å². The Hall–Kier alpha value is -3.07. The van der Waals surface area contributed by atoms with Crippen LogP contribution in [-0.4, -0.2) is 29.1 Å². The van der Waals surface area contributed by atoms with Crippen LogP contribution < -0.4 is 15.8 Å². The zero-order valence-corrected chi connectivity index (χ0v) is 17.0. The minimum absolute atomic E-state index is 0.0818. The molecule has 0 atom stereocenters. The molecular weight excluding hydrogens is 394 g/mol. The summed E-state index contributed by atoms with van der Waals surface area (Å²) in [4.78, 5) is 34.7. The lowest BCUT2D eigenvalue weighted by molar-refractivity contribution is -0.387. The van der Waals surface area contributed by atoms with Gasteiger partial charge in [0.15, 0.2) is 6.61 Å². The van der Waals surface area contributed by atoms with Crippen LogP contribution in [0.3, 0.4) is 0 Å². The fraction of sp³-hybridized carbons (Fsp3) is 0.300. The van der Waals surface area contributed by atoms with Crippen molar-refractivity contribution in [2.75, 3.05) is 17.7 Å². The van der Waals surface area contributed by atoms with Gasteiger partial charge in [-0.3, -0.25) is 19.7 Å². The zero-order valence-electron chi connectivity index (χ0n) is 16.2. The van der Waals surface area contributed by atoms with E-state index in [1.165, 1.54) is 17.8 Å². The van der Waals surface area contributed by atoms with E-state index in [4.69, 9.17) is 10.5 Å². The molecule has 0 saturated heterocycles. The van der Waals surface area contributed by atoms with Crippen LogP contribution in [0, 0.1) is 16.0 Å². The first-order valence-corrected chi connectivity index (χ1v) is 9.98. The van der Waals surface area contributed by atoms with Crippen molar-refractivity contribution in [3.63, 3.8) is 0 Å². The van der Waals surface area contributed by atoms with Crippen LogP contribution in [0.15, 0.2) is 47.4 Å². The zero-order chi connectivity index (χ0) is 21.4. The third kappa shape index (κ3) is 7.11. The lowest BCUT2D eigenvalue weighted by atomic mass is 10.2. The number of nitrogens with zero attached hydrogens (tertiary/aromatic N) is 1. The molecule has 2 aromatic carbocycles. The Balaban J connectivity index is 2.07. The van der Waals surface area contributed by atoms with Crippen molar-refractivity contribution in [3.05, 3.63) is 58.1 Å². The van der Waals surface area contributed by atoms with Crippen molar-refractivity contribution < 1.29 is 19.2 Å². The van der Waals surface area contributed by atoms with Gasteiger partial charge < -0.3 is 15.8 Å². The van der Waals surface area contributed by atoms with Gasteiger partial charge in [-0.1, -0.05) is 13.8 Å². The van der Waals surface area contributed by atoms with Crippen molar-refractivity contribution in [3.8, 4) is 5.75 Å². The fourth-order valence-electron chi connectivity index (χ4n) is 2.32. The summed E-state index contributed by atoms with van der Waals surface area (Å²) in [6.45, 7) is 3.95. The highest BCUT2D eigenvalue weighted by molar-refractivity contribution is 7.99. The van der Waals surface area contributed by atoms with Gasteiger partial charge >= 0.3 is 0 Å². The van der Waals surface area contributed by atoms with Gasteiger partial charge in [0.05, 0.1) is 9.82 Å². The number of hydrogen-bond donors (Lipinski definition) is 2. The number of nitro groups is 1. The number of nitrogens with one attached hydrogen (secondary N) is 1. The summed E-state index contributed by atoms with van der Waals surface area (Å²) >= 11 is 1.42. The number of nitro benzene ring substituents is 1. The van der Waals surface area contributed by atoms with E-state index in [-0.39, 0.29) is 17.9 Å². The van der Waals surface area contributed by atoms with Gasteiger partial charge in [0.2, 0.25) is 0 Å². The third-order valence-corrected chi connectivity index (χ3v) is 4.96. The lowest BCUT2D eigenvalue weighted by Crippen LogP contribution is -2.20. The Morgan fingerprint density at radius 3 is 2.48 bits per heavy atom. The second kappa shape index (κ2) is 10.5. The molecule has 8 nitrogen and oxygen atoms in total. The summed E-state index contributed by atoms with van der Waals surface area (Å²) in [5, 5.41) is 14.1. The monoisotopic (exact) mass is 417 g/mol. The van der Waals surface area contributed by atoms with Crippen molar-refractivity contribution in [2.45, 2.75) is 25.2 Å². The molecule has 0 aromatic heterocycles. The lowest BCUT2D eigenvalue weighted by Gasteiger charge is -2.09. The van der Waals surface area contributed by atoms with Crippen LogP contribution in [-0.2, 0) is 4.79 Å². The smallest absolute Gasteiger partial charge is 0.283 e. The summed E-state index contributed by atoms with van der Waals surface area (Å²) in [5.41, 5.74) is 5.61. The first-order valence-electron chi connectivity index (χ1n) is 9.00. The molecule has 2 amide bonds. The van der Waals surface area contributed by atoms with Gasteiger partial charge in [0, 0.05) is 17.3 Å². The molecule has 0 aliphatic rings. The molecule has 0 saturated carbocycles. The van der Waals surface area contributed by atoms with E-state index >= 15 is 0 Å². The van der Waals surface area contributed by atoms with Gasteiger partial charge in [-0.25, -0.2) is 0 Å². The van der Waals surface area contributed by atoms with Crippen molar-refractivity contribution in [2.24, 2.45) is 11.7 Å². The van der Waals surface area contributed by atoms with Crippen molar-refractivity contribution in [1.82, 2.24) is 0 Å². The molecule has 0 heterocycles. The number of nitrogens with two attached hydrogens (primary N) is 1. The molecule has 0 spiro atoms. The Labute approximate surface area is 173 Å². The van der Waals surface area contributed by atoms with Crippen LogP contribution >= 0.6 is 11.8 Å². The first-order chi connectivity index (χ1) is 13.8. The number of benzene rings is 2. The largest absolute Gasteiger partial charge is 0.484 e. The van der Waals surface area contributed by atoms with E-state index in [1.54, 1.807) is 36.4 Å². The SMILES string of the molecule is CC(C)CCSc1ccc(C(=O)Nc2ccc(OCC(N)=O)cc2)cc1[N+](=O)[O-]. The topological polar surface area (TPSA) is 125 Å². The Bertz CT molecular complexity index is 884. The van der Waals surface area contributed by atoms with E-state index in [0.29, 0.717) is 22.3 Å².